The molecule has 0 fully saturated rings. The lowest BCUT2D eigenvalue weighted by Crippen LogP contribution is -2.17. The number of halogens is 1. The van der Waals surface area contributed by atoms with Crippen molar-refractivity contribution in [2.45, 2.75) is 20.8 Å². The van der Waals surface area contributed by atoms with Gasteiger partial charge in [-0.1, -0.05) is 0 Å². The van der Waals surface area contributed by atoms with Gasteiger partial charge in [0.05, 0.1) is 35.8 Å². The molecule has 0 saturated heterocycles. The van der Waals surface area contributed by atoms with Crippen molar-refractivity contribution in [2.24, 2.45) is 0 Å². The Balaban J connectivity index is 1.78. The van der Waals surface area contributed by atoms with Crippen LogP contribution in [0.1, 0.15) is 37.5 Å². The third-order valence-corrected chi connectivity index (χ3v) is 4.73. The normalized spacial score (nSPS) is 10.5. The fraction of sp³-hybridized carbons (Fsp3) is 0.211. The molecule has 3 rings (SSSR count). The Morgan fingerprint density at radius 1 is 1.07 bits per heavy atom. The number of aryl methyl sites for hydroxylation is 2. The SMILES string of the molecule is CCOc1cnc(NC(=O)c2cc(NC(=O)c3cnc(C)s3)c(C)cc2F)cn1. The van der Waals surface area contributed by atoms with Crippen molar-refractivity contribution in [3.63, 3.8) is 0 Å². The van der Waals surface area contributed by atoms with Crippen LogP contribution in [0.15, 0.2) is 30.7 Å². The Morgan fingerprint density at radius 3 is 2.48 bits per heavy atom. The minimum atomic E-state index is -0.718. The zero-order valence-corrected chi connectivity index (χ0v) is 16.8. The number of hydrogen-bond acceptors (Lipinski definition) is 7. The van der Waals surface area contributed by atoms with E-state index in [4.69, 9.17) is 4.74 Å². The summed E-state index contributed by atoms with van der Waals surface area (Å²) in [4.78, 5) is 37.3. The lowest BCUT2D eigenvalue weighted by Gasteiger charge is -2.11. The molecular formula is C19H18FN5O3S. The molecule has 2 heterocycles. The molecule has 2 aromatic heterocycles. The predicted octanol–water partition coefficient (Wildman–Crippen LogP) is 3.59. The molecule has 8 nitrogen and oxygen atoms in total. The first-order chi connectivity index (χ1) is 13.9. The molecule has 29 heavy (non-hydrogen) atoms. The van der Waals surface area contributed by atoms with Gasteiger partial charge in [0.25, 0.3) is 11.8 Å². The number of aromatic nitrogens is 3. The fourth-order valence-electron chi connectivity index (χ4n) is 2.42. The Hall–Kier alpha value is -3.40. The molecule has 0 spiro atoms. The van der Waals surface area contributed by atoms with Gasteiger partial charge in [0.1, 0.15) is 10.7 Å². The number of nitrogens with zero attached hydrogens (tertiary/aromatic N) is 3. The summed E-state index contributed by atoms with van der Waals surface area (Å²) >= 11 is 1.24. The first kappa shape index (κ1) is 20.3. The van der Waals surface area contributed by atoms with Gasteiger partial charge in [-0.3, -0.25) is 9.59 Å². The van der Waals surface area contributed by atoms with Crippen molar-refractivity contribution < 1.29 is 18.7 Å². The first-order valence-corrected chi connectivity index (χ1v) is 9.49. The van der Waals surface area contributed by atoms with Crippen LogP contribution in [-0.4, -0.2) is 33.4 Å². The number of nitrogens with one attached hydrogen (secondary N) is 2. The number of carbonyl (C=O) groups excluding carboxylic acids is 2. The van der Waals surface area contributed by atoms with Crippen LogP contribution in [0, 0.1) is 19.7 Å². The Labute approximate surface area is 170 Å². The maximum absolute atomic E-state index is 14.4. The number of amides is 2. The third-order valence-electron chi connectivity index (χ3n) is 3.81. The van der Waals surface area contributed by atoms with E-state index in [9.17, 15) is 14.0 Å². The van der Waals surface area contributed by atoms with Gasteiger partial charge in [0.2, 0.25) is 5.88 Å². The Kier molecular flexibility index (Phi) is 6.13. The number of benzene rings is 1. The number of thiazole rings is 1. The average molecular weight is 415 g/mol. The van der Waals surface area contributed by atoms with Gasteiger partial charge in [-0.25, -0.2) is 19.3 Å². The molecule has 1 aromatic carbocycles. The van der Waals surface area contributed by atoms with Crippen LogP contribution in [0.2, 0.25) is 0 Å². The van der Waals surface area contributed by atoms with E-state index in [-0.39, 0.29) is 17.3 Å². The van der Waals surface area contributed by atoms with Crippen molar-refractivity contribution in [3.8, 4) is 5.88 Å². The van der Waals surface area contributed by atoms with E-state index >= 15 is 0 Å². The summed E-state index contributed by atoms with van der Waals surface area (Å²) in [6.45, 7) is 5.67. The van der Waals surface area contributed by atoms with Crippen LogP contribution < -0.4 is 15.4 Å². The standard InChI is InChI=1S/C19H18FN5O3S/c1-4-28-17-9-22-16(8-23-17)25-18(26)12-6-14(10(2)5-13(12)20)24-19(27)15-7-21-11(3)29-15/h5-9H,4H2,1-3H3,(H,24,27)(H,22,25,26). The molecule has 0 aliphatic rings. The molecule has 2 N–H and O–H groups in total. The monoisotopic (exact) mass is 415 g/mol. The number of rotatable bonds is 6. The average Bonchev–Trinajstić information content (AvgIpc) is 3.12. The fourth-order valence-corrected chi connectivity index (χ4v) is 3.09. The van der Waals surface area contributed by atoms with Crippen LogP contribution in [-0.2, 0) is 0 Å². The maximum Gasteiger partial charge on any atom is 0.267 e. The van der Waals surface area contributed by atoms with E-state index < -0.39 is 11.7 Å². The number of hydrogen-bond donors (Lipinski definition) is 2. The summed E-state index contributed by atoms with van der Waals surface area (Å²) in [7, 11) is 0. The number of anilines is 2. The largest absolute Gasteiger partial charge is 0.477 e. The Bertz CT molecular complexity index is 1050. The highest BCUT2D eigenvalue weighted by Gasteiger charge is 2.18. The van der Waals surface area contributed by atoms with Crippen LogP contribution >= 0.6 is 11.3 Å². The molecular weight excluding hydrogens is 397 g/mol. The minimum Gasteiger partial charge on any atom is -0.477 e. The summed E-state index contributed by atoms with van der Waals surface area (Å²) in [5, 5.41) is 5.91. The molecule has 150 valence electrons. The lowest BCUT2D eigenvalue weighted by atomic mass is 10.1. The van der Waals surface area contributed by atoms with E-state index in [0.29, 0.717) is 28.6 Å². The molecule has 0 aliphatic carbocycles. The Morgan fingerprint density at radius 2 is 1.86 bits per heavy atom. The summed E-state index contributed by atoms with van der Waals surface area (Å²) in [5.74, 6) is -1.36. The second-order valence-electron chi connectivity index (χ2n) is 5.97. The third kappa shape index (κ3) is 4.91. The quantitative estimate of drug-likeness (QED) is 0.637. The lowest BCUT2D eigenvalue weighted by molar-refractivity contribution is 0.101. The molecule has 3 aromatic rings. The van der Waals surface area contributed by atoms with Gasteiger partial charge in [0.15, 0.2) is 5.82 Å². The second-order valence-corrected chi connectivity index (χ2v) is 7.21. The van der Waals surface area contributed by atoms with E-state index in [1.807, 2.05) is 6.92 Å². The molecule has 0 atom stereocenters. The van der Waals surface area contributed by atoms with Crippen LogP contribution in [0.5, 0.6) is 5.88 Å². The van der Waals surface area contributed by atoms with E-state index in [1.54, 1.807) is 13.8 Å². The molecule has 0 aliphatic heterocycles. The molecule has 2 amide bonds. The number of carbonyl (C=O) groups is 2. The summed E-state index contributed by atoms with van der Waals surface area (Å²) in [6.07, 6.45) is 4.13. The molecule has 0 saturated carbocycles. The van der Waals surface area contributed by atoms with Gasteiger partial charge in [0, 0.05) is 5.69 Å². The maximum atomic E-state index is 14.4. The van der Waals surface area contributed by atoms with Crippen molar-refractivity contribution in [1.82, 2.24) is 15.0 Å². The van der Waals surface area contributed by atoms with Crippen LogP contribution in [0.4, 0.5) is 15.9 Å². The van der Waals surface area contributed by atoms with Gasteiger partial charge in [-0.05, 0) is 38.5 Å². The second kappa shape index (κ2) is 8.74. The van der Waals surface area contributed by atoms with Crippen molar-refractivity contribution in [2.75, 3.05) is 17.2 Å². The smallest absolute Gasteiger partial charge is 0.267 e. The summed E-state index contributed by atoms with van der Waals surface area (Å²) in [5.41, 5.74) is 0.571. The van der Waals surface area contributed by atoms with Gasteiger partial charge >= 0.3 is 0 Å². The predicted molar refractivity (Wildman–Crippen MR) is 107 cm³/mol. The van der Waals surface area contributed by atoms with Gasteiger partial charge in [-0.2, -0.15) is 0 Å². The zero-order chi connectivity index (χ0) is 21.0. The van der Waals surface area contributed by atoms with Crippen molar-refractivity contribution >= 4 is 34.7 Å². The zero-order valence-electron chi connectivity index (χ0n) is 15.9. The molecule has 10 heteroatoms. The van der Waals surface area contributed by atoms with Gasteiger partial charge in [-0.15, -0.1) is 11.3 Å². The van der Waals surface area contributed by atoms with Crippen LogP contribution in [0.3, 0.4) is 0 Å². The van der Waals surface area contributed by atoms with Crippen molar-refractivity contribution in [3.05, 3.63) is 57.6 Å². The molecule has 0 bridgehead atoms. The summed E-state index contributed by atoms with van der Waals surface area (Å²) < 4.78 is 19.6. The van der Waals surface area contributed by atoms with E-state index in [0.717, 1.165) is 5.01 Å². The highest BCUT2D eigenvalue weighted by Crippen LogP contribution is 2.23. The molecule has 0 radical (unpaired) electrons. The highest BCUT2D eigenvalue weighted by molar-refractivity contribution is 7.13. The van der Waals surface area contributed by atoms with E-state index in [2.05, 4.69) is 25.6 Å². The molecule has 0 unspecified atom stereocenters. The van der Waals surface area contributed by atoms with Crippen molar-refractivity contribution in [1.29, 1.82) is 0 Å². The minimum absolute atomic E-state index is 0.143. The number of ether oxygens (including phenoxy) is 1. The highest BCUT2D eigenvalue weighted by atomic mass is 32.1. The first-order valence-electron chi connectivity index (χ1n) is 8.67. The van der Waals surface area contributed by atoms with Gasteiger partial charge < -0.3 is 15.4 Å². The topological polar surface area (TPSA) is 106 Å². The summed E-state index contributed by atoms with van der Waals surface area (Å²) in [6, 6.07) is 2.47. The van der Waals surface area contributed by atoms with E-state index in [1.165, 1.54) is 42.1 Å². The van der Waals surface area contributed by atoms with Crippen LogP contribution in [0.25, 0.3) is 0 Å².